The van der Waals surface area contributed by atoms with Crippen molar-refractivity contribution in [3.05, 3.63) is 125 Å². The van der Waals surface area contributed by atoms with Gasteiger partial charge in [0.15, 0.2) is 11.5 Å². The molecule has 0 saturated carbocycles. The topological polar surface area (TPSA) is 103 Å². The van der Waals surface area contributed by atoms with Gasteiger partial charge in [0.1, 0.15) is 24.7 Å². The molecule has 9 heteroatoms. The zero-order chi connectivity index (χ0) is 36.9. The number of nitrogens with zero attached hydrogens (tertiary/aromatic N) is 2. The lowest BCUT2D eigenvalue weighted by atomic mass is 9.93. The molecule has 0 atom stereocenters. The van der Waals surface area contributed by atoms with Crippen LogP contribution in [0, 0.1) is 0 Å². The highest BCUT2D eigenvalue weighted by molar-refractivity contribution is 6.02. The van der Waals surface area contributed by atoms with Crippen molar-refractivity contribution in [2.24, 2.45) is 0 Å². The quantitative estimate of drug-likeness (QED) is 0.0904. The highest BCUT2D eigenvalue weighted by atomic mass is 16.5. The molecule has 0 radical (unpaired) electrons. The largest absolute Gasteiger partial charge is 0.488 e. The Kier molecular flexibility index (Phi) is 13.6. The van der Waals surface area contributed by atoms with E-state index >= 15 is 0 Å². The van der Waals surface area contributed by atoms with E-state index < -0.39 is 0 Å². The molecule has 0 fully saturated rings. The molecule has 5 aromatic rings. The Morgan fingerprint density at radius 2 is 1.46 bits per heavy atom. The maximum absolute atomic E-state index is 13.4. The zero-order valence-electron chi connectivity index (χ0n) is 30.8. The predicted molar refractivity (Wildman–Crippen MR) is 203 cm³/mol. The van der Waals surface area contributed by atoms with E-state index in [1.165, 1.54) is 0 Å². The average molecular weight is 704 g/mol. The third-order valence-electron chi connectivity index (χ3n) is 8.62. The van der Waals surface area contributed by atoms with Crippen LogP contribution in [0.15, 0.2) is 102 Å². The van der Waals surface area contributed by atoms with Crippen molar-refractivity contribution in [1.29, 1.82) is 0 Å². The smallest absolute Gasteiger partial charge is 0.305 e. The summed E-state index contributed by atoms with van der Waals surface area (Å²) in [5.74, 6) is 1.32. The number of rotatable bonds is 18. The fourth-order valence-corrected chi connectivity index (χ4v) is 5.96. The minimum atomic E-state index is -0.323. The molecular weight excluding hydrogens is 654 g/mol. The molecule has 4 aromatic carbocycles. The molecule has 0 bridgehead atoms. The summed E-state index contributed by atoms with van der Waals surface area (Å²) in [7, 11) is 2.03. The van der Waals surface area contributed by atoms with Gasteiger partial charge in [-0.1, -0.05) is 104 Å². The number of amides is 1. The zero-order valence-corrected chi connectivity index (χ0v) is 30.8. The standard InChI is InChI=1S/C43H49N3O6/c1-6-44-43(48)41-40(34-22-20-31(21-23-34)27-46(5)24-14-19-39(47)49-7-2)42(52-45-41)36-25-35(30(3)4)37(50-28-32-15-10-8-11-16-32)26-38(36)51-29-33-17-12-9-13-18-33/h8-13,15-18,20-23,25-26,30H,6-7,14,19,24,27-29H2,1-5H3,(H,44,48). The molecule has 9 nitrogen and oxygen atoms in total. The van der Waals surface area contributed by atoms with Gasteiger partial charge in [-0.3, -0.25) is 9.59 Å². The Labute approximate surface area is 306 Å². The van der Waals surface area contributed by atoms with E-state index in [1.807, 2.05) is 118 Å². The van der Waals surface area contributed by atoms with Gasteiger partial charge >= 0.3 is 5.97 Å². The predicted octanol–water partition coefficient (Wildman–Crippen LogP) is 8.81. The summed E-state index contributed by atoms with van der Waals surface area (Å²) in [6, 6.07) is 32.1. The van der Waals surface area contributed by atoms with Crippen molar-refractivity contribution in [1.82, 2.24) is 15.4 Å². The maximum atomic E-state index is 13.4. The van der Waals surface area contributed by atoms with Crippen LogP contribution in [0.5, 0.6) is 11.5 Å². The lowest BCUT2D eigenvalue weighted by Crippen LogP contribution is -2.23. The van der Waals surface area contributed by atoms with Crippen LogP contribution in [-0.4, -0.2) is 48.7 Å². The van der Waals surface area contributed by atoms with Crippen molar-refractivity contribution < 1.29 is 28.3 Å². The molecule has 272 valence electrons. The van der Waals surface area contributed by atoms with Crippen molar-refractivity contribution in [2.75, 3.05) is 26.7 Å². The monoisotopic (exact) mass is 703 g/mol. The van der Waals surface area contributed by atoms with Crippen LogP contribution in [0.25, 0.3) is 22.5 Å². The van der Waals surface area contributed by atoms with Crippen LogP contribution in [0.3, 0.4) is 0 Å². The SMILES string of the molecule is CCNC(=O)c1noc(-c2cc(C(C)C)c(OCc3ccccc3)cc2OCc2ccccc2)c1-c1ccc(CN(C)CCCC(=O)OCC)cc1. The van der Waals surface area contributed by atoms with E-state index in [9.17, 15) is 9.59 Å². The molecule has 0 aliphatic heterocycles. The minimum Gasteiger partial charge on any atom is -0.488 e. The first kappa shape index (κ1) is 37.8. The van der Waals surface area contributed by atoms with E-state index in [-0.39, 0.29) is 23.5 Å². The molecule has 0 aliphatic carbocycles. The molecule has 1 N–H and O–H groups in total. The summed E-state index contributed by atoms with van der Waals surface area (Å²) in [4.78, 5) is 27.3. The van der Waals surface area contributed by atoms with E-state index in [0.717, 1.165) is 40.8 Å². The second-order valence-electron chi connectivity index (χ2n) is 13.0. The maximum Gasteiger partial charge on any atom is 0.305 e. The summed E-state index contributed by atoms with van der Waals surface area (Å²) in [6.45, 7) is 10.9. The Balaban J connectivity index is 1.52. The van der Waals surface area contributed by atoms with Gasteiger partial charge in [-0.2, -0.15) is 0 Å². The van der Waals surface area contributed by atoms with Gasteiger partial charge < -0.3 is 29.0 Å². The number of hydrogen-bond donors (Lipinski definition) is 1. The number of carbonyl (C=O) groups is 2. The molecular formula is C43H49N3O6. The highest BCUT2D eigenvalue weighted by Crippen LogP contribution is 2.44. The summed E-state index contributed by atoms with van der Waals surface area (Å²) < 4.78 is 24.1. The fourth-order valence-electron chi connectivity index (χ4n) is 5.96. The Hall–Kier alpha value is -5.41. The van der Waals surface area contributed by atoms with Gasteiger partial charge in [0.05, 0.1) is 17.7 Å². The molecule has 1 aromatic heterocycles. The fraction of sp³-hybridized carbons (Fsp3) is 0.326. The van der Waals surface area contributed by atoms with E-state index in [1.54, 1.807) is 0 Å². The second kappa shape index (κ2) is 18.7. The average Bonchev–Trinajstić information content (AvgIpc) is 3.59. The first-order valence-corrected chi connectivity index (χ1v) is 18.0. The van der Waals surface area contributed by atoms with Gasteiger partial charge in [0.25, 0.3) is 5.91 Å². The Morgan fingerprint density at radius 1 is 0.827 bits per heavy atom. The van der Waals surface area contributed by atoms with Crippen molar-refractivity contribution in [3.8, 4) is 33.9 Å². The van der Waals surface area contributed by atoms with Gasteiger partial charge in [-0.25, -0.2) is 0 Å². The minimum absolute atomic E-state index is 0.107. The van der Waals surface area contributed by atoms with Crippen LogP contribution >= 0.6 is 0 Å². The third kappa shape index (κ3) is 10.1. The van der Waals surface area contributed by atoms with Gasteiger partial charge in [0.2, 0.25) is 0 Å². The highest BCUT2D eigenvalue weighted by Gasteiger charge is 2.28. The lowest BCUT2D eigenvalue weighted by Gasteiger charge is -2.19. The van der Waals surface area contributed by atoms with Crippen LogP contribution in [0.4, 0.5) is 0 Å². The number of carbonyl (C=O) groups excluding carboxylic acids is 2. The normalized spacial score (nSPS) is 11.1. The van der Waals surface area contributed by atoms with Gasteiger partial charge in [-0.05, 0) is 73.7 Å². The number of esters is 1. The van der Waals surface area contributed by atoms with Crippen molar-refractivity contribution in [2.45, 2.75) is 66.2 Å². The number of hydrogen-bond acceptors (Lipinski definition) is 8. The first-order chi connectivity index (χ1) is 25.3. The van der Waals surface area contributed by atoms with Crippen LogP contribution in [0.1, 0.15) is 79.2 Å². The van der Waals surface area contributed by atoms with Crippen LogP contribution in [0.2, 0.25) is 0 Å². The number of nitrogens with one attached hydrogen (secondary N) is 1. The van der Waals surface area contributed by atoms with E-state index in [2.05, 4.69) is 29.2 Å². The third-order valence-corrected chi connectivity index (χ3v) is 8.62. The van der Waals surface area contributed by atoms with Crippen molar-refractivity contribution in [3.63, 3.8) is 0 Å². The molecule has 0 aliphatic rings. The Bertz CT molecular complexity index is 1890. The van der Waals surface area contributed by atoms with Gasteiger partial charge in [0, 0.05) is 25.6 Å². The summed E-state index contributed by atoms with van der Waals surface area (Å²) in [5, 5.41) is 7.22. The molecule has 0 unspecified atom stereocenters. The molecule has 0 saturated heterocycles. The van der Waals surface area contributed by atoms with Crippen LogP contribution in [-0.2, 0) is 29.3 Å². The molecule has 0 spiro atoms. The van der Waals surface area contributed by atoms with E-state index in [0.29, 0.717) is 67.7 Å². The first-order valence-electron chi connectivity index (χ1n) is 18.0. The summed E-state index contributed by atoms with van der Waals surface area (Å²) in [5.41, 5.74) is 6.38. The molecule has 1 heterocycles. The second-order valence-corrected chi connectivity index (χ2v) is 13.0. The molecule has 52 heavy (non-hydrogen) atoms. The van der Waals surface area contributed by atoms with Crippen LogP contribution < -0.4 is 14.8 Å². The molecule has 5 rings (SSSR count). The number of ether oxygens (including phenoxy) is 3. The Morgan fingerprint density at radius 3 is 2.06 bits per heavy atom. The summed E-state index contributed by atoms with van der Waals surface area (Å²) >= 11 is 0. The lowest BCUT2D eigenvalue weighted by molar-refractivity contribution is -0.143. The molecule has 1 amide bonds. The number of benzene rings is 4. The summed E-state index contributed by atoms with van der Waals surface area (Å²) in [6.07, 6.45) is 1.11. The van der Waals surface area contributed by atoms with Crippen molar-refractivity contribution >= 4 is 11.9 Å². The number of aromatic nitrogens is 1. The van der Waals surface area contributed by atoms with Gasteiger partial charge in [-0.15, -0.1) is 0 Å². The van der Waals surface area contributed by atoms with E-state index in [4.69, 9.17) is 18.7 Å².